The molecule has 0 aliphatic carbocycles. The zero-order chi connectivity index (χ0) is 14.3. The largest absolute Gasteiger partial charge is 0.350 e. The summed E-state index contributed by atoms with van der Waals surface area (Å²) in [4.78, 5) is 24.2. The van der Waals surface area contributed by atoms with Gasteiger partial charge in [0.05, 0.1) is 10.8 Å². The van der Waals surface area contributed by atoms with Crippen molar-refractivity contribution in [3.63, 3.8) is 0 Å². The lowest BCUT2D eigenvalue weighted by atomic mass is 10.1. The summed E-state index contributed by atoms with van der Waals surface area (Å²) in [5.41, 5.74) is 1.52. The Labute approximate surface area is 125 Å². The molecule has 1 aliphatic heterocycles. The summed E-state index contributed by atoms with van der Waals surface area (Å²) >= 11 is 6.28. The molecule has 2 aromatic rings. The van der Waals surface area contributed by atoms with E-state index in [1.54, 1.807) is 6.20 Å². The maximum Gasteiger partial charge on any atom is 0.239 e. The average molecular weight is 304 g/mol. The number of hydrogen-bond acceptors (Lipinski definition) is 4. The Hall–Kier alpha value is -1.66. The van der Waals surface area contributed by atoms with E-state index in [9.17, 15) is 9.59 Å². The number of amides is 1. The molecule has 1 aromatic carbocycles. The molecule has 102 valence electrons. The predicted octanol–water partition coefficient (Wildman–Crippen LogP) is 1.60. The summed E-state index contributed by atoms with van der Waals surface area (Å²) < 4.78 is 2.40. The van der Waals surface area contributed by atoms with Gasteiger partial charge in [-0.1, -0.05) is 36.1 Å². The number of pyridine rings is 1. The molecule has 1 aromatic heterocycles. The van der Waals surface area contributed by atoms with Crippen LogP contribution in [-0.2, 0) is 18.3 Å². The third kappa shape index (κ3) is 2.25. The number of thioether (sulfide) groups is 1. The van der Waals surface area contributed by atoms with Crippen molar-refractivity contribution in [2.45, 2.75) is 11.7 Å². The smallest absolute Gasteiger partial charge is 0.239 e. The molecular formula is C14H12N2O2S2. The monoisotopic (exact) mass is 304 g/mol. The van der Waals surface area contributed by atoms with Crippen molar-refractivity contribution in [3.8, 4) is 0 Å². The molecule has 20 heavy (non-hydrogen) atoms. The van der Waals surface area contributed by atoms with Gasteiger partial charge in [0.15, 0.2) is 5.43 Å². The van der Waals surface area contributed by atoms with Gasteiger partial charge in [0, 0.05) is 24.2 Å². The van der Waals surface area contributed by atoms with Crippen molar-refractivity contribution in [1.82, 2.24) is 9.88 Å². The summed E-state index contributed by atoms with van der Waals surface area (Å²) in [7, 11) is 1.90. The van der Waals surface area contributed by atoms with Crippen LogP contribution >= 0.6 is 24.0 Å². The predicted molar refractivity (Wildman–Crippen MR) is 85.0 cm³/mol. The van der Waals surface area contributed by atoms with Crippen LogP contribution in [0.25, 0.3) is 10.9 Å². The normalized spacial score (nSPS) is 18.6. The van der Waals surface area contributed by atoms with E-state index in [-0.39, 0.29) is 16.6 Å². The van der Waals surface area contributed by atoms with Gasteiger partial charge in [0.2, 0.25) is 5.91 Å². The van der Waals surface area contributed by atoms with Crippen LogP contribution in [0.1, 0.15) is 5.56 Å². The van der Waals surface area contributed by atoms with Crippen LogP contribution in [0.4, 0.5) is 0 Å². The zero-order valence-electron chi connectivity index (χ0n) is 10.8. The lowest BCUT2D eigenvalue weighted by Gasteiger charge is -2.10. The maximum absolute atomic E-state index is 12.5. The molecule has 4 nitrogen and oxygen atoms in total. The first-order chi connectivity index (χ1) is 9.56. The van der Waals surface area contributed by atoms with Gasteiger partial charge in [-0.05, 0) is 18.6 Å². The number of aromatic nitrogens is 1. The second-order valence-corrected chi connectivity index (χ2v) is 6.58. The molecule has 1 amide bonds. The molecule has 1 saturated heterocycles. The molecule has 0 radical (unpaired) electrons. The van der Waals surface area contributed by atoms with Gasteiger partial charge in [-0.3, -0.25) is 9.59 Å². The summed E-state index contributed by atoms with van der Waals surface area (Å²) in [6.45, 7) is 0. The van der Waals surface area contributed by atoms with E-state index in [2.05, 4.69) is 5.32 Å². The Morgan fingerprint density at radius 3 is 2.80 bits per heavy atom. The Bertz CT molecular complexity index is 782. The number of rotatable bonds is 2. The lowest BCUT2D eigenvalue weighted by molar-refractivity contribution is -0.118. The first-order valence-corrected chi connectivity index (χ1v) is 7.44. The number of fused-ring (bicyclic) bond motifs is 1. The van der Waals surface area contributed by atoms with Crippen molar-refractivity contribution in [3.05, 3.63) is 46.2 Å². The third-order valence-corrected chi connectivity index (χ3v) is 4.71. The Kier molecular flexibility index (Phi) is 3.35. The molecule has 0 spiro atoms. The molecule has 6 heteroatoms. The average Bonchev–Trinajstić information content (AvgIpc) is 2.74. The fourth-order valence-corrected chi connectivity index (χ4v) is 3.68. The number of nitrogens with one attached hydrogen (secondary N) is 1. The number of para-hydroxylation sites is 1. The number of benzene rings is 1. The first-order valence-electron chi connectivity index (χ1n) is 6.15. The van der Waals surface area contributed by atoms with E-state index in [0.717, 1.165) is 5.52 Å². The van der Waals surface area contributed by atoms with E-state index >= 15 is 0 Å². The summed E-state index contributed by atoms with van der Waals surface area (Å²) in [5, 5.41) is 2.98. The van der Waals surface area contributed by atoms with Gasteiger partial charge in [-0.15, -0.1) is 0 Å². The van der Waals surface area contributed by atoms with E-state index < -0.39 is 0 Å². The zero-order valence-corrected chi connectivity index (χ0v) is 12.4. The van der Waals surface area contributed by atoms with Crippen molar-refractivity contribution >= 4 is 45.1 Å². The molecule has 1 unspecified atom stereocenters. The van der Waals surface area contributed by atoms with E-state index in [1.165, 1.54) is 11.8 Å². The van der Waals surface area contributed by atoms with Gasteiger partial charge in [0.25, 0.3) is 0 Å². The number of carbonyl (C=O) groups is 1. The van der Waals surface area contributed by atoms with Crippen LogP contribution in [0.2, 0.25) is 0 Å². The number of aryl methyl sites for hydroxylation is 1. The van der Waals surface area contributed by atoms with E-state index in [1.807, 2.05) is 35.9 Å². The second kappa shape index (κ2) is 5.03. The fraction of sp³-hybridized carbons (Fsp3) is 0.214. The molecule has 1 atom stereocenters. The fourth-order valence-electron chi connectivity index (χ4n) is 2.38. The van der Waals surface area contributed by atoms with E-state index in [4.69, 9.17) is 12.2 Å². The van der Waals surface area contributed by atoms with Crippen LogP contribution in [0, 0.1) is 0 Å². The van der Waals surface area contributed by atoms with Crippen molar-refractivity contribution in [2.24, 2.45) is 7.05 Å². The van der Waals surface area contributed by atoms with Gasteiger partial charge >= 0.3 is 0 Å². The lowest BCUT2D eigenvalue weighted by Crippen LogP contribution is -2.27. The highest BCUT2D eigenvalue weighted by atomic mass is 32.2. The quantitative estimate of drug-likeness (QED) is 0.856. The molecule has 1 N–H and O–H groups in total. The minimum Gasteiger partial charge on any atom is -0.350 e. The molecule has 0 saturated carbocycles. The van der Waals surface area contributed by atoms with Gasteiger partial charge < -0.3 is 9.88 Å². The van der Waals surface area contributed by atoms with Crippen LogP contribution in [0.15, 0.2) is 35.3 Å². The minimum atomic E-state index is -0.309. The van der Waals surface area contributed by atoms with E-state index in [0.29, 0.717) is 21.7 Å². The SMILES string of the molecule is Cn1cc(CC2SC(=S)NC2=O)c(=O)c2ccccc21. The van der Waals surface area contributed by atoms with Crippen molar-refractivity contribution in [1.29, 1.82) is 0 Å². The highest BCUT2D eigenvalue weighted by Crippen LogP contribution is 2.22. The molecule has 2 heterocycles. The molecule has 3 rings (SSSR count). The second-order valence-electron chi connectivity index (χ2n) is 4.70. The van der Waals surface area contributed by atoms with Gasteiger partial charge in [-0.2, -0.15) is 0 Å². The number of hydrogen-bond donors (Lipinski definition) is 1. The highest BCUT2D eigenvalue weighted by molar-refractivity contribution is 8.24. The van der Waals surface area contributed by atoms with Crippen LogP contribution in [0.5, 0.6) is 0 Å². The molecule has 1 fully saturated rings. The molecular weight excluding hydrogens is 292 g/mol. The van der Waals surface area contributed by atoms with Gasteiger partial charge in [0.1, 0.15) is 4.32 Å². The Balaban J connectivity index is 2.05. The third-order valence-electron chi connectivity index (χ3n) is 3.34. The number of nitrogens with zero attached hydrogens (tertiary/aromatic N) is 1. The van der Waals surface area contributed by atoms with Crippen LogP contribution < -0.4 is 10.7 Å². The summed E-state index contributed by atoms with van der Waals surface area (Å²) in [6.07, 6.45) is 2.20. The number of thiocarbonyl (C=S) groups is 1. The van der Waals surface area contributed by atoms with Crippen LogP contribution in [0.3, 0.4) is 0 Å². The standard InChI is InChI=1S/C14H12N2O2S2/c1-16-7-8(6-11-13(18)15-14(19)20-11)12(17)9-4-2-3-5-10(9)16/h2-5,7,11H,6H2,1H3,(H,15,18,19). The Morgan fingerprint density at radius 2 is 2.10 bits per heavy atom. The summed E-state index contributed by atoms with van der Waals surface area (Å²) in [5.74, 6) is -0.116. The van der Waals surface area contributed by atoms with Gasteiger partial charge in [-0.25, -0.2) is 0 Å². The number of carbonyl (C=O) groups excluding carboxylic acids is 1. The Morgan fingerprint density at radius 1 is 1.35 bits per heavy atom. The molecule has 1 aliphatic rings. The topological polar surface area (TPSA) is 51.1 Å². The summed E-state index contributed by atoms with van der Waals surface area (Å²) in [6, 6.07) is 7.47. The van der Waals surface area contributed by atoms with Crippen LogP contribution in [-0.4, -0.2) is 20.0 Å². The highest BCUT2D eigenvalue weighted by Gasteiger charge is 2.30. The first kappa shape index (κ1) is 13.3. The maximum atomic E-state index is 12.5. The minimum absolute atomic E-state index is 0.00933. The molecule has 0 bridgehead atoms. The van der Waals surface area contributed by atoms with Crippen molar-refractivity contribution in [2.75, 3.05) is 0 Å². The van der Waals surface area contributed by atoms with Crippen molar-refractivity contribution < 1.29 is 4.79 Å².